The molecule has 1 fully saturated rings. The summed E-state index contributed by atoms with van der Waals surface area (Å²) in [6.07, 6.45) is 1.92. The molecule has 110 valence electrons. The number of nitrogens with zero attached hydrogens (tertiary/aromatic N) is 2. The Morgan fingerprint density at radius 3 is 2.67 bits per heavy atom. The van der Waals surface area contributed by atoms with Gasteiger partial charge in [0.05, 0.1) is 13.2 Å². The molecular weight excluding hydrogens is 304 g/mol. The van der Waals surface area contributed by atoms with E-state index < -0.39 is 0 Å². The third-order valence-electron chi connectivity index (χ3n) is 3.63. The second kappa shape index (κ2) is 6.69. The Hall–Kier alpha value is -1.23. The van der Waals surface area contributed by atoms with Crippen molar-refractivity contribution in [2.45, 2.75) is 5.75 Å². The van der Waals surface area contributed by atoms with Crippen LogP contribution in [-0.2, 0) is 10.5 Å². The summed E-state index contributed by atoms with van der Waals surface area (Å²) in [6, 6.07) is 10.1. The van der Waals surface area contributed by atoms with Crippen LogP contribution in [0, 0.1) is 0 Å². The van der Waals surface area contributed by atoms with Crippen LogP contribution >= 0.6 is 24.2 Å². The number of thiol groups is 1. The molecule has 0 unspecified atom stereocenters. The van der Waals surface area contributed by atoms with Gasteiger partial charge in [0.25, 0.3) is 0 Å². The minimum atomic E-state index is 0.654. The summed E-state index contributed by atoms with van der Waals surface area (Å²) >= 11 is 10.4. The maximum absolute atomic E-state index is 6.04. The summed E-state index contributed by atoms with van der Waals surface area (Å²) in [6.45, 7) is 3.33. The summed E-state index contributed by atoms with van der Waals surface area (Å²) in [5, 5.41) is 0.737. The van der Waals surface area contributed by atoms with E-state index in [1.165, 1.54) is 0 Å². The molecule has 1 aromatic carbocycles. The molecular formula is C16H17ClN2OS. The highest BCUT2D eigenvalue weighted by Gasteiger charge is 2.12. The van der Waals surface area contributed by atoms with Crippen LogP contribution in [0.1, 0.15) is 5.56 Å². The van der Waals surface area contributed by atoms with E-state index in [4.69, 9.17) is 16.3 Å². The van der Waals surface area contributed by atoms with Gasteiger partial charge in [-0.15, -0.1) is 0 Å². The standard InChI is InChI=1S/C16H17ClN2OS/c17-14-2-3-15(13(9-14)11-21)12-1-4-16(18-10-12)19-5-7-20-8-6-19/h1-4,9-10,21H,5-8,11H2. The van der Waals surface area contributed by atoms with Gasteiger partial charge in [-0.1, -0.05) is 17.7 Å². The third-order valence-corrected chi connectivity index (χ3v) is 4.21. The molecule has 3 nitrogen and oxygen atoms in total. The van der Waals surface area contributed by atoms with E-state index in [1.807, 2.05) is 24.4 Å². The number of ether oxygens (including phenoxy) is 1. The van der Waals surface area contributed by atoms with Crippen molar-refractivity contribution in [3.8, 4) is 11.1 Å². The van der Waals surface area contributed by atoms with Crippen molar-refractivity contribution in [3.05, 3.63) is 47.1 Å². The lowest BCUT2D eigenvalue weighted by atomic mass is 10.0. The fourth-order valence-corrected chi connectivity index (χ4v) is 2.96. The van der Waals surface area contributed by atoms with E-state index in [2.05, 4.69) is 34.6 Å². The normalized spacial score (nSPS) is 15.2. The third kappa shape index (κ3) is 3.34. The monoisotopic (exact) mass is 320 g/mol. The lowest BCUT2D eigenvalue weighted by molar-refractivity contribution is 0.122. The first-order valence-corrected chi connectivity index (χ1v) is 7.97. The van der Waals surface area contributed by atoms with Crippen molar-refractivity contribution in [2.24, 2.45) is 0 Å². The largest absolute Gasteiger partial charge is 0.378 e. The van der Waals surface area contributed by atoms with E-state index in [9.17, 15) is 0 Å². The number of hydrogen-bond donors (Lipinski definition) is 1. The maximum Gasteiger partial charge on any atom is 0.128 e. The van der Waals surface area contributed by atoms with Crippen LogP contribution in [0.3, 0.4) is 0 Å². The highest BCUT2D eigenvalue weighted by atomic mass is 35.5. The molecule has 2 heterocycles. The van der Waals surface area contributed by atoms with Gasteiger partial charge in [0.15, 0.2) is 0 Å². The molecule has 3 rings (SSSR count). The number of rotatable bonds is 3. The first kappa shape index (κ1) is 14.7. The Kier molecular flexibility index (Phi) is 4.68. The predicted octanol–water partition coefficient (Wildman–Crippen LogP) is 3.67. The number of aromatic nitrogens is 1. The number of halogens is 1. The molecule has 0 amide bonds. The average Bonchev–Trinajstić information content (AvgIpc) is 2.56. The number of anilines is 1. The van der Waals surface area contributed by atoms with E-state index >= 15 is 0 Å². The lowest BCUT2D eigenvalue weighted by Crippen LogP contribution is -2.36. The molecule has 1 aliphatic heterocycles. The Morgan fingerprint density at radius 2 is 2.00 bits per heavy atom. The van der Waals surface area contributed by atoms with E-state index in [0.29, 0.717) is 5.75 Å². The minimum absolute atomic E-state index is 0.654. The molecule has 1 aliphatic rings. The quantitative estimate of drug-likeness (QED) is 0.874. The zero-order chi connectivity index (χ0) is 14.7. The average molecular weight is 321 g/mol. The van der Waals surface area contributed by atoms with Crippen LogP contribution < -0.4 is 4.90 Å². The summed E-state index contributed by atoms with van der Waals surface area (Å²) in [7, 11) is 0. The Bertz CT molecular complexity index is 612. The number of pyridine rings is 1. The Morgan fingerprint density at radius 1 is 1.19 bits per heavy atom. The molecule has 0 saturated carbocycles. The maximum atomic E-state index is 6.04. The summed E-state index contributed by atoms with van der Waals surface area (Å²) in [4.78, 5) is 6.83. The van der Waals surface area contributed by atoms with Crippen LogP contribution in [0.4, 0.5) is 5.82 Å². The second-order valence-electron chi connectivity index (χ2n) is 4.96. The van der Waals surface area contributed by atoms with Crippen LogP contribution in [0.5, 0.6) is 0 Å². The number of morpholine rings is 1. The van der Waals surface area contributed by atoms with Crippen LogP contribution in [0.2, 0.25) is 5.02 Å². The Balaban J connectivity index is 1.87. The molecule has 0 radical (unpaired) electrons. The van der Waals surface area contributed by atoms with Crippen molar-refractivity contribution >= 4 is 30.0 Å². The van der Waals surface area contributed by atoms with Gasteiger partial charge in [-0.25, -0.2) is 4.98 Å². The number of benzene rings is 1. The smallest absolute Gasteiger partial charge is 0.128 e. The summed E-state index contributed by atoms with van der Waals surface area (Å²) in [5.41, 5.74) is 3.34. The highest BCUT2D eigenvalue weighted by Crippen LogP contribution is 2.28. The molecule has 5 heteroatoms. The molecule has 2 aromatic rings. The van der Waals surface area contributed by atoms with Crippen LogP contribution in [0.25, 0.3) is 11.1 Å². The van der Waals surface area contributed by atoms with E-state index in [1.54, 1.807) is 0 Å². The van der Waals surface area contributed by atoms with E-state index in [-0.39, 0.29) is 0 Å². The van der Waals surface area contributed by atoms with Crippen LogP contribution in [-0.4, -0.2) is 31.3 Å². The van der Waals surface area contributed by atoms with Gasteiger partial charge >= 0.3 is 0 Å². The SMILES string of the molecule is SCc1cc(Cl)ccc1-c1ccc(N2CCOCC2)nc1. The zero-order valence-electron chi connectivity index (χ0n) is 11.6. The zero-order valence-corrected chi connectivity index (χ0v) is 13.3. The minimum Gasteiger partial charge on any atom is -0.378 e. The first-order valence-electron chi connectivity index (χ1n) is 6.96. The molecule has 0 spiro atoms. The topological polar surface area (TPSA) is 25.4 Å². The van der Waals surface area contributed by atoms with Gasteiger partial charge in [0, 0.05) is 35.6 Å². The lowest BCUT2D eigenvalue weighted by Gasteiger charge is -2.27. The molecule has 21 heavy (non-hydrogen) atoms. The molecule has 0 aliphatic carbocycles. The molecule has 1 saturated heterocycles. The molecule has 0 bridgehead atoms. The fraction of sp³-hybridized carbons (Fsp3) is 0.312. The van der Waals surface area contributed by atoms with Crippen molar-refractivity contribution in [1.82, 2.24) is 4.98 Å². The summed E-state index contributed by atoms with van der Waals surface area (Å²) in [5.74, 6) is 1.66. The van der Waals surface area contributed by atoms with E-state index in [0.717, 1.165) is 53.8 Å². The van der Waals surface area contributed by atoms with Gasteiger partial charge in [-0.3, -0.25) is 0 Å². The van der Waals surface area contributed by atoms with Gasteiger partial charge < -0.3 is 9.64 Å². The van der Waals surface area contributed by atoms with Crippen molar-refractivity contribution in [3.63, 3.8) is 0 Å². The highest BCUT2D eigenvalue weighted by molar-refractivity contribution is 7.79. The van der Waals surface area contributed by atoms with Crippen molar-refractivity contribution in [2.75, 3.05) is 31.2 Å². The van der Waals surface area contributed by atoms with Gasteiger partial charge in [0.1, 0.15) is 5.82 Å². The first-order chi connectivity index (χ1) is 10.3. The Labute approximate surface area is 135 Å². The fourth-order valence-electron chi connectivity index (χ4n) is 2.50. The molecule has 0 atom stereocenters. The van der Waals surface area contributed by atoms with Gasteiger partial charge in [-0.05, 0) is 35.4 Å². The molecule has 1 aromatic heterocycles. The predicted molar refractivity (Wildman–Crippen MR) is 90.4 cm³/mol. The van der Waals surface area contributed by atoms with Crippen molar-refractivity contribution < 1.29 is 4.74 Å². The molecule has 0 N–H and O–H groups in total. The van der Waals surface area contributed by atoms with Gasteiger partial charge in [-0.2, -0.15) is 12.6 Å². The van der Waals surface area contributed by atoms with Gasteiger partial charge in [0.2, 0.25) is 0 Å². The summed E-state index contributed by atoms with van der Waals surface area (Å²) < 4.78 is 5.37. The van der Waals surface area contributed by atoms with Crippen LogP contribution in [0.15, 0.2) is 36.5 Å². The second-order valence-corrected chi connectivity index (χ2v) is 5.72. The van der Waals surface area contributed by atoms with Crippen molar-refractivity contribution in [1.29, 1.82) is 0 Å². The number of hydrogen-bond acceptors (Lipinski definition) is 4.